The lowest BCUT2D eigenvalue weighted by atomic mass is 10.3. The minimum atomic E-state index is -3.91. The van der Waals surface area contributed by atoms with Crippen LogP contribution in [0.1, 0.15) is 19.8 Å². The molecule has 0 bridgehead atoms. The van der Waals surface area contributed by atoms with Gasteiger partial charge in [0.1, 0.15) is 0 Å². The van der Waals surface area contributed by atoms with Gasteiger partial charge in [-0.05, 0) is 55.3 Å². The van der Waals surface area contributed by atoms with Crippen LogP contribution in [0.3, 0.4) is 0 Å². The van der Waals surface area contributed by atoms with Crippen molar-refractivity contribution in [3.63, 3.8) is 0 Å². The molecule has 2 aromatic carbocycles. The van der Waals surface area contributed by atoms with Crippen molar-refractivity contribution in [1.82, 2.24) is 4.31 Å². The Kier molecular flexibility index (Phi) is 5.73. The minimum Gasteiger partial charge on any atom is -0.326 e. The third-order valence-electron chi connectivity index (χ3n) is 4.27. The van der Waals surface area contributed by atoms with E-state index in [9.17, 15) is 21.6 Å². The van der Waals surface area contributed by atoms with Gasteiger partial charge in [-0.2, -0.15) is 4.31 Å². The molecule has 0 unspecified atom stereocenters. The van der Waals surface area contributed by atoms with E-state index in [0.29, 0.717) is 18.8 Å². The molecule has 0 spiro atoms. The maximum absolute atomic E-state index is 12.7. The summed E-state index contributed by atoms with van der Waals surface area (Å²) in [5, 5.41) is 2.56. The smallest absolute Gasteiger partial charge is 0.261 e. The molecule has 1 aliphatic heterocycles. The number of rotatable bonds is 6. The monoisotopic (exact) mass is 423 g/mol. The number of hydrogen-bond donors (Lipinski definition) is 2. The zero-order valence-electron chi connectivity index (χ0n) is 15.3. The standard InChI is InChI=1S/C18H21N3O5S2/c1-14(22)19-15-7-9-17(10-8-15)27(23,24)20-16-5-4-6-18(13-16)28(25,26)21-11-2-3-12-21/h4-10,13,20H,2-3,11-12H2,1H3,(H,19,22). The highest BCUT2D eigenvalue weighted by molar-refractivity contribution is 7.92. The predicted octanol–water partition coefficient (Wildman–Crippen LogP) is 2.23. The van der Waals surface area contributed by atoms with Crippen LogP contribution in [0.2, 0.25) is 0 Å². The summed E-state index contributed by atoms with van der Waals surface area (Å²) in [7, 11) is -7.55. The van der Waals surface area contributed by atoms with E-state index in [1.165, 1.54) is 59.8 Å². The Morgan fingerprint density at radius 2 is 1.54 bits per heavy atom. The van der Waals surface area contributed by atoms with Crippen molar-refractivity contribution in [3.8, 4) is 0 Å². The van der Waals surface area contributed by atoms with Crippen LogP contribution in [-0.4, -0.2) is 40.1 Å². The number of benzene rings is 2. The molecule has 2 N–H and O–H groups in total. The lowest BCUT2D eigenvalue weighted by Gasteiger charge is -2.16. The van der Waals surface area contributed by atoms with Gasteiger partial charge in [0.15, 0.2) is 0 Å². The number of anilines is 2. The van der Waals surface area contributed by atoms with Gasteiger partial charge < -0.3 is 5.32 Å². The molecule has 0 aliphatic carbocycles. The second-order valence-corrected chi connectivity index (χ2v) is 10.1. The molecule has 150 valence electrons. The van der Waals surface area contributed by atoms with Gasteiger partial charge in [0.05, 0.1) is 15.5 Å². The third kappa shape index (κ3) is 4.51. The SMILES string of the molecule is CC(=O)Nc1ccc(S(=O)(=O)Nc2cccc(S(=O)(=O)N3CCCC3)c2)cc1. The Bertz CT molecular complexity index is 1070. The Morgan fingerprint density at radius 1 is 0.893 bits per heavy atom. The number of hydrogen-bond acceptors (Lipinski definition) is 5. The molecule has 1 aliphatic rings. The molecular weight excluding hydrogens is 402 g/mol. The molecule has 10 heteroatoms. The largest absolute Gasteiger partial charge is 0.326 e. The maximum Gasteiger partial charge on any atom is 0.261 e. The number of carbonyl (C=O) groups excluding carboxylic acids is 1. The van der Waals surface area contributed by atoms with E-state index >= 15 is 0 Å². The molecule has 0 saturated carbocycles. The van der Waals surface area contributed by atoms with Crippen LogP contribution in [0, 0.1) is 0 Å². The second-order valence-electron chi connectivity index (χ2n) is 6.45. The molecule has 1 saturated heterocycles. The highest BCUT2D eigenvalue weighted by Crippen LogP contribution is 2.25. The van der Waals surface area contributed by atoms with Crippen molar-refractivity contribution >= 4 is 37.3 Å². The van der Waals surface area contributed by atoms with E-state index in [1.807, 2.05) is 0 Å². The van der Waals surface area contributed by atoms with E-state index in [2.05, 4.69) is 10.0 Å². The van der Waals surface area contributed by atoms with Crippen LogP contribution in [0.5, 0.6) is 0 Å². The summed E-state index contributed by atoms with van der Waals surface area (Å²) in [6.45, 7) is 2.30. The predicted molar refractivity (Wildman–Crippen MR) is 106 cm³/mol. The molecule has 1 heterocycles. The molecule has 2 aromatic rings. The average molecular weight is 424 g/mol. The number of nitrogens with one attached hydrogen (secondary N) is 2. The van der Waals surface area contributed by atoms with Gasteiger partial charge in [-0.15, -0.1) is 0 Å². The zero-order chi connectivity index (χ0) is 20.4. The van der Waals surface area contributed by atoms with Crippen molar-refractivity contribution in [2.75, 3.05) is 23.1 Å². The molecule has 8 nitrogen and oxygen atoms in total. The molecule has 3 rings (SSSR count). The number of amides is 1. The van der Waals surface area contributed by atoms with Crippen molar-refractivity contribution in [2.45, 2.75) is 29.6 Å². The molecule has 1 fully saturated rings. The highest BCUT2D eigenvalue weighted by Gasteiger charge is 2.27. The second kappa shape index (κ2) is 7.90. The Balaban J connectivity index is 1.82. The van der Waals surface area contributed by atoms with Crippen molar-refractivity contribution in [2.24, 2.45) is 0 Å². The Labute approximate surface area is 164 Å². The van der Waals surface area contributed by atoms with Gasteiger partial charge >= 0.3 is 0 Å². The van der Waals surface area contributed by atoms with Gasteiger partial charge in [0, 0.05) is 25.7 Å². The topological polar surface area (TPSA) is 113 Å². The van der Waals surface area contributed by atoms with E-state index in [4.69, 9.17) is 0 Å². The number of carbonyl (C=O) groups is 1. The minimum absolute atomic E-state index is 0.00518. The summed E-state index contributed by atoms with van der Waals surface area (Å²) in [6, 6.07) is 11.4. The number of nitrogens with zero attached hydrogens (tertiary/aromatic N) is 1. The Hall–Kier alpha value is -2.43. The highest BCUT2D eigenvalue weighted by atomic mass is 32.2. The first-order chi connectivity index (χ1) is 13.2. The molecule has 0 atom stereocenters. The molecule has 1 amide bonds. The van der Waals surface area contributed by atoms with E-state index in [1.54, 1.807) is 0 Å². The average Bonchev–Trinajstić information content (AvgIpc) is 3.17. The van der Waals surface area contributed by atoms with Gasteiger partial charge in [-0.1, -0.05) is 6.07 Å². The van der Waals surface area contributed by atoms with E-state index in [0.717, 1.165) is 12.8 Å². The van der Waals surface area contributed by atoms with E-state index in [-0.39, 0.29) is 21.4 Å². The summed E-state index contributed by atoms with van der Waals surface area (Å²) in [6.07, 6.45) is 1.64. The van der Waals surface area contributed by atoms with Crippen LogP contribution in [0.4, 0.5) is 11.4 Å². The Morgan fingerprint density at radius 3 is 2.14 bits per heavy atom. The maximum atomic E-state index is 12.7. The summed E-state index contributed by atoms with van der Waals surface area (Å²) >= 11 is 0. The van der Waals surface area contributed by atoms with Crippen LogP contribution in [-0.2, 0) is 24.8 Å². The summed E-state index contributed by atoms with van der Waals surface area (Å²) in [4.78, 5) is 11.1. The van der Waals surface area contributed by atoms with Gasteiger partial charge in [0.25, 0.3) is 10.0 Å². The van der Waals surface area contributed by atoms with Crippen LogP contribution in [0.15, 0.2) is 58.3 Å². The molecule has 0 radical (unpaired) electrons. The first-order valence-corrected chi connectivity index (χ1v) is 11.6. The lowest BCUT2D eigenvalue weighted by molar-refractivity contribution is -0.114. The number of sulfonamides is 2. The summed E-state index contributed by atoms with van der Waals surface area (Å²) in [5.74, 6) is -0.259. The van der Waals surface area contributed by atoms with Crippen molar-refractivity contribution in [3.05, 3.63) is 48.5 Å². The first kappa shape index (κ1) is 20.3. The van der Waals surface area contributed by atoms with E-state index < -0.39 is 20.0 Å². The fourth-order valence-corrected chi connectivity index (χ4v) is 5.55. The quantitative estimate of drug-likeness (QED) is 0.740. The fraction of sp³-hybridized carbons (Fsp3) is 0.278. The van der Waals surface area contributed by atoms with Crippen molar-refractivity contribution < 1.29 is 21.6 Å². The lowest BCUT2D eigenvalue weighted by Crippen LogP contribution is -2.27. The van der Waals surface area contributed by atoms with Gasteiger partial charge in [-0.3, -0.25) is 9.52 Å². The van der Waals surface area contributed by atoms with Crippen LogP contribution in [0.25, 0.3) is 0 Å². The third-order valence-corrected chi connectivity index (χ3v) is 7.57. The molecule has 28 heavy (non-hydrogen) atoms. The summed E-state index contributed by atoms with van der Waals surface area (Å²) in [5.41, 5.74) is 0.636. The fourth-order valence-electron chi connectivity index (χ4n) is 2.93. The van der Waals surface area contributed by atoms with Crippen LogP contribution < -0.4 is 10.0 Å². The molecule has 0 aromatic heterocycles. The van der Waals surface area contributed by atoms with Crippen LogP contribution >= 0.6 is 0 Å². The first-order valence-electron chi connectivity index (χ1n) is 8.69. The normalized spacial score (nSPS) is 15.3. The zero-order valence-corrected chi connectivity index (χ0v) is 16.9. The van der Waals surface area contributed by atoms with Gasteiger partial charge in [0.2, 0.25) is 15.9 Å². The van der Waals surface area contributed by atoms with Gasteiger partial charge in [-0.25, -0.2) is 16.8 Å². The summed E-state index contributed by atoms with van der Waals surface area (Å²) < 4.78 is 54.3. The van der Waals surface area contributed by atoms with Crippen molar-refractivity contribution in [1.29, 1.82) is 0 Å². The molecular formula is C18H21N3O5S2.